The van der Waals surface area contributed by atoms with Crippen LogP contribution >= 0.6 is 23.2 Å². The quantitative estimate of drug-likeness (QED) is 0.853. The van der Waals surface area contributed by atoms with Crippen molar-refractivity contribution in [1.82, 2.24) is 5.32 Å². The number of halogens is 2. The van der Waals surface area contributed by atoms with Crippen molar-refractivity contribution in [2.75, 3.05) is 18.4 Å². The molecule has 5 heteroatoms. The van der Waals surface area contributed by atoms with Crippen LogP contribution in [0.25, 0.3) is 0 Å². The number of nitrogens with one attached hydrogen (secondary N) is 2. The van der Waals surface area contributed by atoms with Crippen LogP contribution in [0.1, 0.15) is 0 Å². The Hall–Kier alpha value is -1.03. The first-order valence-corrected chi connectivity index (χ1v) is 5.43. The predicted octanol–water partition coefficient (Wildman–Crippen LogP) is 2.62. The van der Waals surface area contributed by atoms with Crippen LogP contribution in [-0.2, 0) is 4.79 Å². The highest BCUT2D eigenvalue weighted by molar-refractivity contribution is 6.30. The van der Waals surface area contributed by atoms with Gasteiger partial charge in [-0.3, -0.25) is 4.79 Å². The molecule has 0 fully saturated rings. The predicted molar refractivity (Wildman–Crippen MR) is 67.9 cm³/mol. The fourth-order valence-corrected chi connectivity index (χ4v) is 1.27. The molecule has 0 bridgehead atoms. The molecule has 1 aromatic rings. The van der Waals surface area contributed by atoms with Crippen molar-refractivity contribution >= 4 is 34.8 Å². The van der Waals surface area contributed by atoms with E-state index in [0.717, 1.165) is 0 Å². The van der Waals surface area contributed by atoms with E-state index in [1.165, 1.54) is 0 Å². The molecule has 16 heavy (non-hydrogen) atoms. The van der Waals surface area contributed by atoms with E-state index in [0.29, 0.717) is 22.3 Å². The Morgan fingerprint density at radius 1 is 1.25 bits per heavy atom. The Bertz CT molecular complexity index is 376. The Kier molecular flexibility index (Phi) is 5.32. The molecule has 0 saturated heterocycles. The van der Waals surface area contributed by atoms with E-state index in [9.17, 15) is 4.79 Å². The third kappa shape index (κ3) is 5.16. The molecule has 0 aliphatic carbocycles. The third-order valence-corrected chi connectivity index (χ3v) is 2.12. The average molecular weight is 259 g/mol. The van der Waals surface area contributed by atoms with Crippen molar-refractivity contribution in [2.24, 2.45) is 0 Å². The van der Waals surface area contributed by atoms with Crippen molar-refractivity contribution in [3.63, 3.8) is 0 Å². The summed E-state index contributed by atoms with van der Waals surface area (Å²) in [5.74, 6) is -0.139. The van der Waals surface area contributed by atoms with Crippen molar-refractivity contribution in [3.8, 4) is 0 Å². The van der Waals surface area contributed by atoms with Gasteiger partial charge in [-0.1, -0.05) is 29.8 Å². The topological polar surface area (TPSA) is 41.1 Å². The Morgan fingerprint density at radius 2 is 1.88 bits per heavy atom. The molecular formula is C11H12Cl2N2O. The van der Waals surface area contributed by atoms with Gasteiger partial charge in [0.2, 0.25) is 5.91 Å². The lowest BCUT2D eigenvalue weighted by Gasteiger charge is -2.06. The second kappa shape index (κ2) is 6.53. The number of hydrogen-bond donors (Lipinski definition) is 2. The lowest BCUT2D eigenvalue weighted by Crippen LogP contribution is -2.28. The first kappa shape index (κ1) is 13.0. The minimum Gasteiger partial charge on any atom is -0.325 e. The molecule has 1 aromatic carbocycles. The minimum atomic E-state index is -0.139. The molecule has 86 valence electrons. The Balaban J connectivity index is 2.34. The van der Waals surface area contributed by atoms with Crippen molar-refractivity contribution in [1.29, 1.82) is 0 Å². The van der Waals surface area contributed by atoms with Gasteiger partial charge >= 0.3 is 0 Å². The van der Waals surface area contributed by atoms with Gasteiger partial charge in [0.15, 0.2) is 0 Å². The van der Waals surface area contributed by atoms with Gasteiger partial charge in [0.1, 0.15) is 0 Å². The smallest absolute Gasteiger partial charge is 0.238 e. The lowest BCUT2D eigenvalue weighted by molar-refractivity contribution is -0.115. The number of amides is 1. The number of anilines is 1. The third-order valence-electron chi connectivity index (χ3n) is 1.73. The highest BCUT2D eigenvalue weighted by Gasteiger charge is 2.01. The van der Waals surface area contributed by atoms with Crippen LogP contribution in [0.15, 0.2) is 35.9 Å². The van der Waals surface area contributed by atoms with Crippen molar-refractivity contribution in [3.05, 3.63) is 40.9 Å². The minimum absolute atomic E-state index is 0.139. The second-order valence-corrected chi connectivity index (χ2v) is 4.15. The highest BCUT2D eigenvalue weighted by atomic mass is 35.5. The summed E-state index contributed by atoms with van der Waals surface area (Å²) in [6.07, 6.45) is 0. The van der Waals surface area contributed by atoms with Crippen LogP contribution in [-0.4, -0.2) is 19.0 Å². The van der Waals surface area contributed by atoms with Gasteiger partial charge in [-0.05, 0) is 24.3 Å². The molecule has 0 heterocycles. The van der Waals surface area contributed by atoms with Crippen molar-refractivity contribution in [2.45, 2.75) is 0 Å². The Morgan fingerprint density at radius 3 is 2.44 bits per heavy atom. The summed E-state index contributed by atoms with van der Waals surface area (Å²) in [7, 11) is 0. The molecular weight excluding hydrogens is 247 g/mol. The molecule has 0 spiro atoms. The van der Waals surface area contributed by atoms with E-state index in [-0.39, 0.29) is 12.5 Å². The highest BCUT2D eigenvalue weighted by Crippen LogP contribution is 2.12. The SMILES string of the molecule is C=C(Cl)CNCC(=O)Nc1ccc(Cl)cc1. The van der Waals surface area contributed by atoms with Gasteiger partial charge in [-0.25, -0.2) is 0 Å². The second-order valence-electron chi connectivity index (χ2n) is 3.18. The molecule has 1 amide bonds. The molecule has 0 saturated carbocycles. The van der Waals surface area contributed by atoms with E-state index >= 15 is 0 Å². The molecule has 3 nitrogen and oxygen atoms in total. The summed E-state index contributed by atoms with van der Waals surface area (Å²) >= 11 is 11.3. The van der Waals surface area contributed by atoms with Gasteiger partial charge in [-0.15, -0.1) is 0 Å². The summed E-state index contributed by atoms with van der Waals surface area (Å²) in [6, 6.07) is 6.90. The molecule has 0 unspecified atom stereocenters. The summed E-state index contributed by atoms with van der Waals surface area (Å²) in [5, 5.41) is 6.66. The zero-order chi connectivity index (χ0) is 12.0. The molecule has 0 radical (unpaired) electrons. The van der Waals surface area contributed by atoms with Gasteiger partial charge < -0.3 is 10.6 Å². The maximum atomic E-state index is 11.4. The van der Waals surface area contributed by atoms with E-state index in [2.05, 4.69) is 17.2 Å². The molecule has 0 aromatic heterocycles. The molecule has 0 aliphatic rings. The molecule has 0 aliphatic heterocycles. The zero-order valence-electron chi connectivity index (χ0n) is 8.59. The first-order valence-electron chi connectivity index (χ1n) is 4.67. The van der Waals surface area contributed by atoms with Crippen LogP contribution in [0.5, 0.6) is 0 Å². The maximum Gasteiger partial charge on any atom is 0.238 e. The van der Waals surface area contributed by atoms with Gasteiger partial charge in [0, 0.05) is 22.3 Å². The summed E-state index contributed by atoms with van der Waals surface area (Å²) in [6.45, 7) is 4.10. The first-order chi connectivity index (χ1) is 7.58. The largest absolute Gasteiger partial charge is 0.325 e. The van der Waals surface area contributed by atoms with Crippen LogP contribution < -0.4 is 10.6 Å². The van der Waals surface area contributed by atoms with E-state index in [1.807, 2.05) is 0 Å². The van der Waals surface area contributed by atoms with E-state index in [4.69, 9.17) is 23.2 Å². The maximum absolute atomic E-state index is 11.4. The zero-order valence-corrected chi connectivity index (χ0v) is 10.1. The number of carbonyl (C=O) groups excluding carboxylic acids is 1. The Labute approximate surface area is 104 Å². The van der Waals surface area contributed by atoms with Crippen LogP contribution in [0.2, 0.25) is 5.02 Å². The average Bonchev–Trinajstić information content (AvgIpc) is 2.21. The van der Waals surface area contributed by atoms with E-state index in [1.54, 1.807) is 24.3 Å². The number of rotatable bonds is 5. The molecule has 1 rings (SSSR count). The van der Waals surface area contributed by atoms with Crippen molar-refractivity contribution < 1.29 is 4.79 Å². The van der Waals surface area contributed by atoms with Crippen LogP contribution in [0.3, 0.4) is 0 Å². The summed E-state index contributed by atoms with van der Waals surface area (Å²) in [4.78, 5) is 11.4. The van der Waals surface area contributed by atoms with Gasteiger partial charge in [-0.2, -0.15) is 0 Å². The van der Waals surface area contributed by atoms with Gasteiger partial charge in [0.25, 0.3) is 0 Å². The van der Waals surface area contributed by atoms with Crippen LogP contribution in [0, 0.1) is 0 Å². The number of carbonyl (C=O) groups is 1. The standard InChI is InChI=1S/C11H12Cl2N2O/c1-8(12)6-14-7-11(16)15-10-4-2-9(13)3-5-10/h2-5,14H,1,6-7H2,(H,15,16). The number of benzene rings is 1. The number of hydrogen-bond acceptors (Lipinski definition) is 2. The normalized spacial score (nSPS) is 9.88. The van der Waals surface area contributed by atoms with Crippen LogP contribution in [0.4, 0.5) is 5.69 Å². The fraction of sp³-hybridized carbons (Fsp3) is 0.182. The van der Waals surface area contributed by atoms with Gasteiger partial charge in [0.05, 0.1) is 6.54 Å². The molecule has 2 N–H and O–H groups in total. The summed E-state index contributed by atoms with van der Waals surface area (Å²) < 4.78 is 0. The monoisotopic (exact) mass is 258 g/mol. The van der Waals surface area contributed by atoms with E-state index < -0.39 is 0 Å². The fourth-order valence-electron chi connectivity index (χ4n) is 1.05. The molecule has 0 atom stereocenters. The summed E-state index contributed by atoms with van der Waals surface area (Å²) in [5.41, 5.74) is 0.709. The lowest BCUT2D eigenvalue weighted by atomic mass is 10.3.